The molecule has 1 heterocycles. The molecule has 110 valence electrons. The van der Waals surface area contributed by atoms with Crippen LogP contribution in [0.1, 0.15) is 5.56 Å². The molecule has 0 bridgehead atoms. The Balaban J connectivity index is 0.00000161. The van der Waals surface area contributed by atoms with E-state index in [-0.39, 0.29) is 21.9 Å². The molecule has 0 aliphatic rings. The molecule has 7 heteroatoms. The van der Waals surface area contributed by atoms with Gasteiger partial charge < -0.3 is 17.0 Å². The maximum Gasteiger partial charge on any atom is 0.238 e. The monoisotopic (exact) mass is 384 g/mol. The number of benzene rings is 2. The zero-order valence-corrected chi connectivity index (χ0v) is 14.2. The molecular weight excluding hydrogens is 372 g/mol. The number of nitrogens with zero attached hydrogens (tertiary/aromatic N) is 1. The Bertz CT molecular complexity index is 858. The van der Waals surface area contributed by atoms with E-state index in [1.165, 1.54) is 10.2 Å². The molecule has 0 saturated heterocycles. The number of hydrogen-bond acceptors (Lipinski definition) is 3. The number of primary sulfonamides is 1. The van der Waals surface area contributed by atoms with Crippen LogP contribution < -0.4 is 26.7 Å². The molecule has 0 saturated carbocycles. The molecule has 0 atom stereocenters. The molecule has 2 N–H and O–H groups in total. The minimum Gasteiger partial charge on any atom is -1.00 e. The first kappa shape index (κ1) is 16.1. The molecule has 4 nitrogen and oxygen atoms in total. The summed E-state index contributed by atoms with van der Waals surface area (Å²) in [5, 5.41) is 5.09. The summed E-state index contributed by atoms with van der Waals surface area (Å²) in [6, 6.07) is 14.9. The van der Waals surface area contributed by atoms with E-state index < -0.39 is 10.0 Å². The maximum absolute atomic E-state index is 11.2. The molecule has 0 radical (unpaired) electrons. The Morgan fingerprint density at radius 2 is 1.71 bits per heavy atom. The predicted molar refractivity (Wildman–Crippen MR) is 78.9 cm³/mol. The summed E-state index contributed by atoms with van der Waals surface area (Å²) in [7, 11) is -3.62. The van der Waals surface area contributed by atoms with Crippen molar-refractivity contribution >= 4 is 31.6 Å². The second-order valence-electron chi connectivity index (χ2n) is 4.51. The Labute approximate surface area is 137 Å². The first-order valence-electron chi connectivity index (χ1n) is 6.01. The third kappa shape index (κ3) is 3.49. The molecule has 0 amide bonds. The van der Waals surface area contributed by atoms with Gasteiger partial charge in [0.25, 0.3) is 0 Å². The molecule has 0 aliphatic carbocycles. The third-order valence-electron chi connectivity index (χ3n) is 3.09. The van der Waals surface area contributed by atoms with Gasteiger partial charge >= 0.3 is 0 Å². The fourth-order valence-corrected chi connectivity index (χ4v) is 3.48. The minimum absolute atomic E-state index is 0. The fourth-order valence-electron chi connectivity index (χ4n) is 2.07. The number of halogens is 1. The molecule has 1 aromatic heterocycles. The van der Waals surface area contributed by atoms with Crippen LogP contribution in [0, 0.1) is 0 Å². The van der Waals surface area contributed by atoms with Gasteiger partial charge in [-0.25, -0.2) is 13.6 Å². The Morgan fingerprint density at radius 1 is 1.05 bits per heavy atom. The summed E-state index contributed by atoms with van der Waals surface area (Å²) >= 11 is 1.69. The standard InChI is InChI=1S/C14H13N2O2S2.BrH/c15-20(17,18)12-7-5-11(6-8-12)9-16-10-19-14-4-2-1-3-13(14)16;/h1-8,10H,9H2,(H2,15,17,18);1H/q+1;/p-1. The highest BCUT2D eigenvalue weighted by molar-refractivity contribution is 7.89. The Kier molecular flexibility index (Phi) is 4.77. The van der Waals surface area contributed by atoms with Crippen molar-refractivity contribution in [2.75, 3.05) is 0 Å². The summed E-state index contributed by atoms with van der Waals surface area (Å²) in [4.78, 5) is 0.140. The van der Waals surface area contributed by atoms with Crippen LogP contribution in [0.15, 0.2) is 58.9 Å². The summed E-state index contributed by atoms with van der Waals surface area (Å²) < 4.78 is 25.8. The second-order valence-corrected chi connectivity index (χ2v) is 6.96. The lowest BCUT2D eigenvalue weighted by molar-refractivity contribution is -0.658. The highest BCUT2D eigenvalue weighted by atomic mass is 79.9. The van der Waals surface area contributed by atoms with Gasteiger partial charge in [-0.05, 0) is 18.2 Å². The Morgan fingerprint density at radius 3 is 2.38 bits per heavy atom. The van der Waals surface area contributed by atoms with Crippen LogP contribution in [0.25, 0.3) is 10.2 Å². The lowest BCUT2D eigenvalue weighted by Crippen LogP contribution is -3.00. The van der Waals surface area contributed by atoms with Gasteiger partial charge in [-0.15, -0.1) is 0 Å². The van der Waals surface area contributed by atoms with Crippen molar-refractivity contribution in [1.29, 1.82) is 0 Å². The molecule has 0 fully saturated rings. The van der Waals surface area contributed by atoms with Crippen molar-refractivity contribution in [1.82, 2.24) is 0 Å². The van der Waals surface area contributed by atoms with Crippen LogP contribution in [-0.4, -0.2) is 8.42 Å². The largest absolute Gasteiger partial charge is 1.00 e. The topological polar surface area (TPSA) is 64.0 Å². The van der Waals surface area contributed by atoms with Crippen molar-refractivity contribution in [3.63, 3.8) is 0 Å². The van der Waals surface area contributed by atoms with Gasteiger partial charge in [0.15, 0.2) is 6.54 Å². The summed E-state index contributed by atoms with van der Waals surface area (Å²) in [5.41, 5.74) is 4.28. The average molecular weight is 385 g/mol. The van der Waals surface area contributed by atoms with Crippen LogP contribution >= 0.6 is 11.3 Å². The molecule has 21 heavy (non-hydrogen) atoms. The second kappa shape index (κ2) is 6.23. The minimum atomic E-state index is -3.62. The predicted octanol–water partition coefficient (Wildman–Crippen LogP) is -1.11. The number of para-hydroxylation sites is 1. The van der Waals surface area contributed by atoms with E-state index >= 15 is 0 Å². The first-order chi connectivity index (χ1) is 9.54. The number of sulfonamides is 1. The smallest absolute Gasteiger partial charge is 0.238 e. The van der Waals surface area contributed by atoms with E-state index in [2.05, 4.69) is 22.2 Å². The average Bonchev–Trinajstić information content (AvgIpc) is 2.82. The lowest BCUT2D eigenvalue weighted by Gasteiger charge is -2.00. The van der Waals surface area contributed by atoms with Gasteiger partial charge in [0, 0.05) is 11.6 Å². The van der Waals surface area contributed by atoms with Crippen LogP contribution in [0.4, 0.5) is 0 Å². The van der Waals surface area contributed by atoms with E-state index in [1.54, 1.807) is 35.6 Å². The maximum atomic E-state index is 11.2. The Hall–Kier alpha value is -1.28. The molecular formula is C14H13BrN2O2S2. The number of nitrogens with two attached hydrogens (primary N) is 1. The summed E-state index contributed by atoms with van der Waals surface area (Å²) in [6.45, 7) is 0.703. The van der Waals surface area contributed by atoms with Gasteiger partial charge in [-0.2, -0.15) is 4.57 Å². The fraction of sp³-hybridized carbons (Fsp3) is 0.0714. The molecule has 3 aromatic rings. The normalized spacial score (nSPS) is 11.3. The summed E-state index contributed by atoms with van der Waals surface area (Å²) in [6.07, 6.45) is 0. The van der Waals surface area contributed by atoms with Crippen LogP contribution in [0.2, 0.25) is 0 Å². The quantitative estimate of drug-likeness (QED) is 0.582. The highest BCUT2D eigenvalue weighted by Gasteiger charge is 2.12. The van der Waals surface area contributed by atoms with Gasteiger partial charge in [0.2, 0.25) is 21.1 Å². The lowest BCUT2D eigenvalue weighted by atomic mass is 10.2. The van der Waals surface area contributed by atoms with Crippen molar-refractivity contribution < 1.29 is 30.0 Å². The van der Waals surface area contributed by atoms with Crippen LogP contribution in [-0.2, 0) is 16.6 Å². The van der Waals surface area contributed by atoms with Gasteiger partial charge in [-0.1, -0.05) is 35.6 Å². The number of hydrogen-bond donors (Lipinski definition) is 1. The molecule has 3 rings (SSSR count). The van der Waals surface area contributed by atoms with Crippen molar-refractivity contribution in [3.05, 3.63) is 59.6 Å². The van der Waals surface area contributed by atoms with E-state index in [4.69, 9.17) is 5.14 Å². The number of aromatic nitrogens is 1. The van der Waals surface area contributed by atoms with Crippen molar-refractivity contribution in [2.45, 2.75) is 11.4 Å². The SMILES string of the molecule is NS(=O)(=O)c1ccc(C[n+]2csc3ccccc32)cc1.[Br-]. The third-order valence-corrected chi connectivity index (χ3v) is 4.97. The van der Waals surface area contributed by atoms with Crippen LogP contribution in [0.5, 0.6) is 0 Å². The van der Waals surface area contributed by atoms with E-state index in [1.807, 2.05) is 12.1 Å². The molecule has 0 spiro atoms. The number of rotatable bonds is 3. The van der Waals surface area contributed by atoms with Gasteiger partial charge in [-0.3, -0.25) is 0 Å². The van der Waals surface area contributed by atoms with E-state index in [9.17, 15) is 8.42 Å². The van der Waals surface area contributed by atoms with Crippen molar-refractivity contribution in [2.24, 2.45) is 5.14 Å². The number of thiazole rings is 1. The molecule has 2 aromatic carbocycles. The first-order valence-corrected chi connectivity index (χ1v) is 8.44. The number of fused-ring (bicyclic) bond motifs is 1. The van der Waals surface area contributed by atoms with Gasteiger partial charge in [0.1, 0.15) is 4.70 Å². The van der Waals surface area contributed by atoms with Crippen LogP contribution in [0.3, 0.4) is 0 Å². The van der Waals surface area contributed by atoms with Crippen molar-refractivity contribution in [3.8, 4) is 0 Å². The molecule has 0 aliphatic heterocycles. The zero-order valence-electron chi connectivity index (χ0n) is 10.9. The van der Waals surface area contributed by atoms with E-state index in [0.29, 0.717) is 6.54 Å². The summed E-state index contributed by atoms with van der Waals surface area (Å²) in [5.74, 6) is 0. The van der Waals surface area contributed by atoms with Gasteiger partial charge in [0.05, 0.1) is 4.90 Å². The highest BCUT2D eigenvalue weighted by Crippen LogP contribution is 2.16. The molecule has 0 unspecified atom stereocenters. The zero-order chi connectivity index (χ0) is 14.2. The van der Waals surface area contributed by atoms with E-state index in [0.717, 1.165) is 5.56 Å².